The first kappa shape index (κ1) is 18.9. The number of carbonyl (C=O) groups excluding carboxylic acids is 1. The second-order valence-electron chi connectivity index (χ2n) is 6.32. The van der Waals surface area contributed by atoms with Crippen molar-refractivity contribution in [3.05, 3.63) is 58.7 Å². The van der Waals surface area contributed by atoms with Crippen molar-refractivity contribution in [1.29, 1.82) is 0 Å². The topological polar surface area (TPSA) is 50.2 Å². The van der Waals surface area contributed by atoms with Gasteiger partial charge in [-0.1, -0.05) is 12.1 Å². The number of likely N-dealkylation sites (N-methyl/N-ethyl adjacent to an activating group) is 1. The Morgan fingerprint density at radius 3 is 2.68 bits per heavy atom. The minimum absolute atomic E-state index is 0.102. The Morgan fingerprint density at radius 2 is 2.12 bits per heavy atom. The summed E-state index contributed by atoms with van der Waals surface area (Å²) >= 11 is 0. The summed E-state index contributed by atoms with van der Waals surface area (Å²) in [5.41, 5.74) is 3.67. The van der Waals surface area contributed by atoms with E-state index in [1.807, 2.05) is 46.0 Å². The Morgan fingerprint density at radius 1 is 1.40 bits per heavy atom. The molecule has 2 aromatic rings. The fourth-order valence-electron chi connectivity index (χ4n) is 2.76. The molecule has 2 rings (SSSR count). The number of hydrogen-bond acceptors (Lipinski definition) is 3. The fraction of sp³-hybridized carbons (Fsp3) is 0.368. The van der Waals surface area contributed by atoms with Gasteiger partial charge >= 0.3 is 0 Å². The van der Waals surface area contributed by atoms with Crippen LogP contribution in [-0.2, 0) is 11.8 Å². The van der Waals surface area contributed by atoms with Crippen LogP contribution < -0.4 is 5.32 Å². The molecule has 0 bridgehead atoms. The first-order valence-corrected chi connectivity index (χ1v) is 8.17. The van der Waals surface area contributed by atoms with Gasteiger partial charge in [0, 0.05) is 30.9 Å². The number of aryl methyl sites for hydroxylation is 2. The number of hydrogen-bond donors (Lipinski definition) is 1. The highest BCUT2D eigenvalue weighted by Gasteiger charge is 2.15. The molecule has 0 radical (unpaired) electrons. The van der Waals surface area contributed by atoms with Gasteiger partial charge in [-0.2, -0.15) is 5.10 Å². The number of nitrogens with one attached hydrogen (secondary N) is 1. The SMILES string of the molecule is Cc1nn(C)c(C)c1/C=C/C(=O)NCC(c1cccc(F)c1)N(C)C. The second-order valence-corrected chi connectivity index (χ2v) is 6.32. The molecule has 0 aliphatic carbocycles. The molecule has 1 N–H and O–H groups in total. The predicted octanol–water partition coefficient (Wildman–Crippen LogP) is 2.61. The summed E-state index contributed by atoms with van der Waals surface area (Å²) in [7, 11) is 5.68. The van der Waals surface area contributed by atoms with Crippen molar-refractivity contribution in [2.75, 3.05) is 20.6 Å². The summed E-state index contributed by atoms with van der Waals surface area (Å²) in [5, 5.41) is 7.21. The van der Waals surface area contributed by atoms with E-state index in [0.717, 1.165) is 22.5 Å². The monoisotopic (exact) mass is 344 g/mol. The lowest BCUT2D eigenvalue weighted by Crippen LogP contribution is -2.33. The van der Waals surface area contributed by atoms with Gasteiger partial charge in [-0.3, -0.25) is 9.48 Å². The summed E-state index contributed by atoms with van der Waals surface area (Å²) in [5.74, 6) is -0.469. The van der Waals surface area contributed by atoms with Crippen LogP contribution in [0.15, 0.2) is 30.3 Å². The third-order valence-corrected chi connectivity index (χ3v) is 4.29. The molecule has 1 atom stereocenters. The van der Waals surface area contributed by atoms with Gasteiger partial charge in [0.1, 0.15) is 5.82 Å². The highest BCUT2D eigenvalue weighted by atomic mass is 19.1. The maximum Gasteiger partial charge on any atom is 0.244 e. The molecule has 0 fully saturated rings. The normalized spacial score (nSPS) is 12.8. The molecule has 0 aliphatic rings. The highest BCUT2D eigenvalue weighted by molar-refractivity contribution is 5.92. The van der Waals surface area contributed by atoms with Crippen LogP contribution in [0.5, 0.6) is 0 Å². The van der Waals surface area contributed by atoms with Gasteiger partial charge in [0.25, 0.3) is 0 Å². The number of halogens is 1. The van der Waals surface area contributed by atoms with Gasteiger partial charge in [-0.25, -0.2) is 4.39 Å². The third-order valence-electron chi connectivity index (χ3n) is 4.29. The summed E-state index contributed by atoms with van der Waals surface area (Å²) in [6.45, 7) is 4.27. The summed E-state index contributed by atoms with van der Waals surface area (Å²) < 4.78 is 15.2. The standard InChI is InChI=1S/C19H25FN4O/c1-13-17(14(2)24(5)22-13)9-10-19(25)21-12-18(23(3)4)15-7-6-8-16(20)11-15/h6-11,18H,12H2,1-5H3,(H,21,25)/b10-9+. The lowest BCUT2D eigenvalue weighted by molar-refractivity contribution is -0.116. The van der Waals surface area contributed by atoms with E-state index in [1.165, 1.54) is 18.2 Å². The van der Waals surface area contributed by atoms with Crippen molar-refractivity contribution in [1.82, 2.24) is 20.0 Å². The van der Waals surface area contributed by atoms with Crippen LogP contribution in [0.3, 0.4) is 0 Å². The first-order valence-electron chi connectivity index (χ1n) is 8.17. The van der Waals surface area contributed by atoms with E-state index in [9.17, 15) is 9.18 Å². The molecule has 1 amide bonds. The Kier molecular flexibility index (Phi) is 6.09. The van der Waals surface area contributed by atoms with Crippen LogP contribution in [0, 0.1) is 19.7 Å². The molecule has 1 unspecified atom stereocenters. The molecule has 0 saturated heterocycles. The van der Waals surface area contributed by atoms with Crippen molar-refractivity contribution in [2.45, 2.75) is 19.9 Å². The quantitative estimate of drug-likeness (QED) is 0.820. The Labute approximate surface area is 148 Å². The van der Waals surface area contributed by atoms with Crippen molar-refractivity contribution in [2.24, 2.45) is 7.05 Å². The minimum Gasteiger partial charge on any atom is -0.351 e. The maximum absolute atomic E-state index is 13.5. The van der Waals surface area contributed by atoms with Crippen molar-refractivity contribution in [3.8, 4) is 0 Å². The fourth-order valence-corrected chi connectivity index (χ4v) is 2.76. The molecule has 1 aromatic carbocycles. The van der Waals surface area contributed by atoms with E-state index in [2.05, 4.69) is 10.4 Å². The van der Waals surface area contributed by atoms with Crippen LogP contribution in [0.2, 0.25) is 0 Å². The Bertz CT molecular complexity index is 780. The predicted molar refractivity (Wildman–Crippen MR) is 97.6 cm³/mol. The Hall–Kier alpha value is -2.47. The number of amides is 1. The first-order chi connectivity index (χ1) is 11.8. The van der Waals surface area contributed by atoms with Gasteiger partial charge in [-0.05, 0) is 51.7 Å². The summed E-state index contributed by atoms with van der Waals surface area (Å²) in [4.78, 5) is 14.1. The molecule has 0 saturated carbocycles. The minimum atomic E-state index is -0.280. The van der Waals surface area contributed by atoms with Crippen LogP contribution in [-0.4, -0.2) is 41.2 Å². The zero-order chi connectivity index (χ0) is 18.6. The van der Waals surface area contributed by atoms with E-state index in [-0.39, 0.29) is 17.8 Å². The van der Waals surface area contributed by atoms with Gasteiger partial charge in [0.2, 0.25) is 5.91 Å². The van der Waals surface area contributed by atoms with Crippen molar-refractivity contribution >= 4 is 12.0 Å². The molecule has 25 heavy (non-hydrogen) atoms. The summed E-state index contributed by atoms with van der Waals surface area (Å²) in [6.07, 6.45) is 3.29. The van der Waals surface area contributed by atoms with Crippen LogP contribution in [0.25, 0.3) is 6.08 Å². The molecule has 0 spiro atoms. The third kappa shape index (κ3) is 4.76. The van der Waals surface area contributed by atoms with Crippen LogP contribution in [0.1, 0.15) is 28.6 Å². The molecule has 1 aromatic heterocycles. The summed E-state index contributed by atoms with van der Waals surface area (Å²) in [6, 6.07) is 6.34. The largest absolute Gasteiger partial charge is 0.351 e. The zero-order valence-electron chi connectivity index (χ0n) is 15.4. The number of aromatic nitrogens is 2. The van der Waals surface area contributed by atoms with E-state index < -0.39 is 0 Å². The van der Waals surface area contributed by atoms with Gasteiger partial charge in [-0.15, -0.1) is 0 Å². The van der Waals surface area contributed by atoms with Crippen molar-refractivity contribution in [3.63, 3.8) is 0 Å². The average molecular weight is 344 g/mol. The lowest BCUT2D eigenvalue weighted by atomic mass is 10.1. The molecule has 1 heterocycles. The van der Waals surface area contributed by atoms with Crippen LogP contribution >= 0.6 is 0 Å². The number of benzene rings is 1. The molecular formula is C19H25FN4O. The molecular weight excluding hydrogens is 319 g/mol. The van der Waals surface area contributed by atoms with Crippen LogP contribution in [0.4, 0.5) is 4.39 Å². The van der Waals surface area contributed by atoms with Crippen molar-refractivity contribution < 1.29 is 9.18 Å². The molecule has 0 aliphatic heterocycles. The van der Waals surface area contributed by atoms with Gasteiger partial charge in [0.05, 0.1) is 11.7 Å². The van der Waals surface area contributed by atoms with E-state index in [1.54, 1.807) is 16.8 Å². The number of nitrogens with zero attached hydrogens (tertiary/aromatic N) is 3. The number of rotatable bonds is 6. The number of carbonyl (C=O) groups is 1. The second kappa shape index (κ2) is 8.07. The molecule has 5 nitrogen and oxygen atoms in total. The highest BCUT2D eigenvalue weighted by Crippen LogP contribution is 2.18. The molecule has 6 heteroatoms. The van der Waals surface area contributed by atoms with E-state index in [0.29, 0.717) is 6.54 Å². The van der Waals surface area contributed by atoms with E-state index >= 15 is 0 Å². The van der Waals surface area contributed by atoms with E-state index in [4.69, 9.17) is 0 Å². The smallest absolute Gasteiger partial charge is 0.244 e. The van der Waals surface area contributed by atoms with Gasteiger partial charge in [0.15, 0.2) is 0 Å². The molecule has 134 valence electrons. The van der Waals surface area contributed by atoms with Gasteiger partial charge < -0.3 is 10.2 Å². The maximum atomic E-state index is 13.5. The Balaban J connectivity index is 2.03. The zero-order valence-corrected chi connectivity index (χ0v) is 15.4. The lowest BCUT2D eigenvalue weighted by Gasteiger charge is -2.24. The average Bonchev–Trinajstić information content (AvgIpc) is 2.78.